The van der Waals surface area contributed by atoms with Gasteiger partial charge in [0.2, 0.25) is 15.9 Å². The van der Waals surface area contributed by atoms with E-state index in [1.54, 1.807) is 0 Å². The van der Waals surface area contributed by atoms with Crippen LogP contribution in [0.1, 0.15) is 12.8 Å². The van der Waals surface area contributed by atoms with Gasteiger partial charge in [0.25, 0.3) is 0 Å². The highest BCUT2D eigenvalue weighted by Gasteiger charge is 2.25. The lowest BCUT2D eigenvalue weighted by Crippen LogP contribution is -2.41. The first-order valence-electron chi connectivity index (χ1n) is 8.89. The van der Waals surface area contributed by atoms with E-state index in [0.29, 0.717) is 31.4 Å². The molecule has 0 saturated carbocycles. The largest absolute Gasteiger partial charge is 0.473 e. The molecule has 4 rings (SSSR count). The molecule has 1 amide bonds. The first-order chi connectivity index (χ1) is 14.2. The van der Waals surface area contributed by atoms with Gasteiger partial charge in [0.1, 0.15) is 24.6 Å². The lowest BCUT2D eigenvalue weighted by Gasteiger charge is -2.29. The standard InChI is InChI=1S/C17H17FN6O5S/c18-12-7-11(30(19,27)28)1-2-13(12)24-9-22-14-15(24)20-8-21-16(14)29-10-3-5-23(6-4-10)17(25)26/h1-2,7-10H,3-6H2,(H,25,26)(H2,19,27,28). The number of hydrogen-bond acceptors (Lipinski definition) is 7. The number of nitrogens with two attached hydrogens (primary N) is 1. The van der Waals surface area contributed by atoms with Crippen LogP contribution in [0.2, 0.25) is 0 Å². The Bertz CT molecular complexity index is 1220. The molecule has 2 aromatic heterocycles. The van der Waals surface area contributed by atoms with Crippen molar-refractivity contribution in [3.8, 4) is 11.6 Å². The third-order valence-electron chi connectivity index (χ3n) is 4.80. The number of rotatable bonds is 4. The molecule has 158 valence electrons. The summed E-state index contributed by atoms with van der Waals surface area (Å²) in [5, 5.41) is 14.1. The molecule has 30 heavy (non-hydrogen) atoms. The van der Waals surface area contributed by atoms with Crippen molar-refractivity contribution in [3.63, 3.8) is 0 Å². The van der Waals surface area contributed by atoms with Crippen molar-refractivity contribution in [2.45, 2.75) is 23.8 Å². The van der Waals surface area contributed by atoms with Gasteiger partial charge in [0, 0.05) is 25.9 Å². The first kappa shape index (κ1) is 20.0. The second-order valence-electron chi connectivity index (χ2n) is 6.71. The summed E-state index contributed by atoms with van der Waals surface area (Å²) in [6.45, 7) is 0.703. The molecule has 1 saturated heterocycles. The van der Waals surface area contributed by atoms with Crippen molar-refractivity contribution in [1.29, 1.82) is 0 Å². The minimum Gasteiger partial charge on any atom is -0.473 e. The van der Waals surface area contributed by atoms with Crippen LogP contribution in [-0.2, 0) is 10.0 Å². The average Bonchev–Trinajstić information content (AvgIpc) is 3.12. The quantitative estimate of drug-likeness (QED) is 0.617. The number of benzene rings is 1. The number of ether oxygens (including phenoxy) is 1. The molecule has 1 fully saturated rings. The summed E-state index contributed by atoms with van der Waals surface area (Å²) in [6, 6.07) is 3.28. The number of imidazole rings is 1. The lowest BCUT2D eigenvalue weighted by atomic mass is 10.1. The monoisotopic (exact) mass is 436 g/mol. The highest BCUT2D eigenvalue weighted by molar-refractivity contribution is 7.89. The van der Waals surface area contributed by atoms with Crippen LogP contribution in [0.4, 0.5) is 9.18 Å². The maximum atomic E-state index is 14.6. The van der Waals surface area contributed by atoms with E-state index in [2.05, 4.69) is 15.0 Å². The average molecular weight is 436 g/mol. The van der Waals surface area contributed by atoms with Gasteiger partial charge in [-0.1, -0.05) is 0 Å². The summed E-state index contributed by atoms with van der Waals surface area (Å²) < 4.78 is 44.6. The third-order valence-corrected chi connectivity index (χ3v) is 5.71. The van der Waals surface area contributed by atoms with Crippen molar-refractivity contribution in [3.05, 3.63) is 36.7 Å². The SMILES string of the molecule is NS(=O)(=O)c1ccc(-n2cnc3c(OC4CCN(C(=O)O)CC4)ncnc32)c(F)c1. The molecule has 0 radical (unpaired) electrons. The second-order valence-corrected chi connectivity index (χ2v) is 8.27. The van der Waals surface area contributed by atoms with Crippen molar-refractivity contribution < 1.29 is 27.4 Å². The molecule has 0 atom stereocenters. The molecular weight excluding hydrogens is 419 g/mol. The topological polar surface area (TPSA) is 154 Å². The van der Waals surface area contributed by atoms with E-state index in [0.717, 1.165) is 6.07 Å². The van der Waals surface area contributed by atoms with E-state index < -0.39 is 21.9 Å². The first-order valence-corrected chi connectivity index (χ1v) is 10.4. The number of likely N-dealkylation sites (tertiary alicyclic amines) is 1. The minimum atomic E-state index is -4.04. The molecule has 1 aliphatic heterocycles. The molecule has 1 aromatic carbocycles. The molecule has 3 N–H and O–H groups in total. The minimum absolute atomic E-state index is 0.0318. The molecule has 1 aliphatic rings. The predicted molar refractivity (Wildman–Crippen MR) is 101 cm³/mol. The highest BCUT2D eigenvalue weighted by atomic mass is 32.2. The summed E-state index contributed by atoms with van der Waals surface area (Å²) in [5.74, 6) is -0.614. The van der Waals surface area contributed by atoms with Crippen LogP contribution in [-0.4, -0.2) is 63.2 Å². The molecule has 3 heterocycles. The Labute approximate surface area is 170 Å². The normalized spacial score (nSPS) is 15.5. The number of hydrogen-bond donors (Lipinski definition) is 2. The van der Waals surface area contributed by atoms with Gasteiger partial charge in [-0.3, -0.25) is 4.57 Å². The summed E-state index contributed by atoms with van der Waals surface area (Å²) >= 11 is 0. The van der Waals surface area contributed by atoms with Gasteiger partial charge in [0.15, 0.2) is 11.2 Å². The zero-order chi connectivity index (χ0) is 21.5. The summed E-state index contributed by atoms with van der Waals surface area (Å²) in [6.07, 6.45) is 2.37. The number of amides is 1. The van der Waals surface area contributed by atoms with E-state index in [-0.39, 0.29) is 28.2 Å². The maximum absolute atomic E-state index is 14.6. The molecule has 0 aliphatic carbocycles. The number of nitrogens with zero attached hydrogens (tertiary/aromatic N) is 5. The van der Waals surface area contributed by atoms with E-state index >= 15 is 0 Å². The fourth-order valence-corrected chi connectivity index (χ4v) is 3.78. The lowest BCUT2D eigenvalue weighted by molar-refractivity contribution is 0.0878. The van der Waals surface area contributed by atoms with Gasteiger partial charge in [-0.25, -0.2) is 32.7 Å². The molecular formula is C17H17FN6O5S. The van der Waals surface area contributed by atoms with Crippen LogP contribution < -0.4 is 9.88 Å². The van der Waals surface area contributed by atoms with Crippen molar-refractivity contribution in [1.82, 2.24) is 24.4 Å². The van der Waals surface area contributed by atoms with Crippen LogP contribution in [0.3, 0.4) is 0 Å². The maximum Gasteiger partial charge on any atom is 0.407 e. The molecule has 0 unspecified atom stereocenters. The van der Waals surface area contributed by atoms with Crippen LogP contribution >= 0.6 is 0 Å². The van der Waals surface area contributed by atoms with Gasteiger partial charge in [-0.05, 0) is 18.2 Å². The van der Waals surface area contributed by atoms with Gasteiger partial charge in [0.05, 0.1) is 10.6 Å². The fourth-order valence-electron chi connectivity index (χ4n) is 3.26. The second kappa shape index (κ2) is 7.50. The number of carbonyl (C=O) groups is 1. The van der Waals surface area contributed by atoms with Crippen molar-refractivity contribution in [2.24, 2.45) is 5.14 Å². The third kappa shape index (κ3) is 3.76. The molecule has 3 aromatic rings. The van der Waals surface area contributed by atoms with Gasteiger partial charge in [-0.15, -0.1) is 0 Å². The van der Waals surface area contributed by atoms with Crippen LogP contribution in [0, 0.1) is 5.82 Å². The Morgan fingerprint density at radius 2 is 1.97 bits per heavy atom. The number of primary sulfonamides is 1. The summed E-state index contributed by atoms with van der Waals surface area (Å²) in [5.41, 5.74) is 0.600. The summed E-state index contributed by atoms with van der Waals surface area (Å²) in [4.78, 5) is 24.4. The summed E-state index contributed by atoms with van der Waals surface area (Å²) in [7, 11) is -4.04. The van der Waals surface area contributed by atoms with E-state index in [1.165, 1.54) is 34.3 Å². The molecule has 11 nitrogen and oxygen atoms in total. The van der Waals surface area contributed by atoms with E-state index in [1.807, 2.05) is 0 Å². The Hall–Kier alpha value is -3.32. The smallest absolute Gasteiger partial charge is 0.407 e. The highest BCUT2D eigenvalue weighted by Crippen LogP contribution is 2.27. The number of halogens is 1. The molecule has 0 spiro atoms. The molecule has 0 bridgehead atoms. The van der Waals surface area contributed by atoms with Crippen LogP contribution in [0.25, 0.3) is 16.9 Å². The van der Waals surface area contributed by atoms with Crippen LogP contribution in [0.5, 0.6) is 5.88 Å². The zero-order valence-corrected chi connectivity index (χ0v) is 16.3. The van der Waals surface area contributed by atoms with Gasteiger partial charge >= 0.3 is 6.09 Å². The van der Waals surface area contributed by atoms with Crippen molar-refractivity contribution >= 4 is 27.3 Å². The fraction of sp³-hybridized carbons (Fsp3) is 0.294. The number of carboxylic acid groups (broad SMARTS) is 1. The number of sulfonamides is 1. The van der Waals surface area contributed by atoms with Gasteiger partial charge < -0.3 is 14.7 Å². The van der Waals surface area contributed by atoms with E-state index in [4.69, 9.17) is 15.0 Å². The Morgan fingerprint density at radius 3 is 2.60 bits per heavy atom. The van der Waals surface area contributed by atoms with Crippen molar-refractivity contribution in [2.75, 3.05) is 13.1 Å². The zero-order valence-electron chi connectivity index (χ0n) is 15.5. The van der Waals surface area contributed by atoms with Gasteiger partial charge in [-0.2, -0.15) is 4.98 Å². The number of aromatic nitrogens is 4. The van der Waals surface area contributed by atoms with Crippen LogP contribution in [0.15, 0.2) is 35.7 Å². The predicted octanol–water partition coefficient (Wildman–Crippen LogP) is 1.12. The molecule has 13 heteroatoms. The van der Waals surface area contributed by atoms with E-state index in [9.17, 15) is 17.6 Å². The number of piperidine rings is 1. The Balaban J connectivity index is 1.62. The number of fused-ring (bicyclic) bond motifs is 1. The Morgan fingerprint density at radius 1 is 1.23 bits per heavy atom. The Kier molecular flexibility index (Phi) is 4.99.